The number of amides is 2. The van der Waals surface area contributed by atoms with E-state index in [2.05, 4.69) is 23.6 Å². The molecule has 0 unspecified atom stereocenters. The third-order valence-electron chi connectivity index (χ3n) is 8.82. The van der Waals surface area contributed by atoms with Gasteiger partial charge in [-0.2, -0.15) is 0 Å². The van der Waals surface area contributed by atoms with Gasteiger partial charge in [-0.25, -0.2) is 0 Å². The summed E-state index contributed by atoms with van der Waals surface area (Å²) in [5, 5.41) is 0. The van der Waals surface area contributed by atoms with Crippen LogP contribution in [0.5, 0.6) is 11.5 Å². The van der Waals surface area contributed by atoms with Gasteiger partial charge >= 0.3 is 0 Å². The van der Waals surface area contributed by atoms with Crippen LogP contribution in [-0.2, 0) is 11.3 Å². The highest BCUT2D eigenvalue weighted by Crippen LogP contribution is 2.29. The Morgan fingerprint density at radius 2 is 1.53 bits per heavy atom. The number of aryl methyl sites for hydroxylation is 1. The van der Waals surface area contributed by atoms with Crippen LogP contribution in [0.15, 0.2) is 72.8 Å². The third kappa shape index (κ3) is 8.86. The molecular weight excluding hydrogens is 564 g/mol. The van der Waals surface area contributed by atoms with Crippen molar-refractivity contribution in [1.29, 1.82) is 0 Å². The van der Waals surface area contributed by atoms with Gasteiger partial charge in [0.1, 0.15) is 18.1 Å². The van der Waals surface area contributed by atoms with Crippen molar-refractivity contribution in [3.05, 3.63) is 89.5 Å². The lowest BCUT2D eigenvalue weighted by molar-refractivity contribution is -0.120. The summed E-state index contributed by atoms with van der Waals surface area (Å²) < 4.78 is 12.0. The van der Waals surface area contributed by atoms with E-state index in [1.165, 1.54) is 12.8 Å². The standard InChI is InChI=1S/C37H48N4O4/c1-29(2)39-20-11-21-41(35(42)28-45-33-15-5-4-6-16-33)36-30(3)12-9-14-32(36)27-40(23-22-39)37(43)31-13-10-17-34(26-31)44-25-24-38-18-7-8-19-38/h4-6,9-10,12-17,26,29H,7-8,11,18-25,27-28H2,1-3H3. The molecule has 0 aliphatic carbocycles. The average Bonchev–Trinajstić information content (AvgIpc) is 3.56. The first kappa shape index (κ1) is 32.5. The minimum atomic E-state index is -0.0959. The number of ether oxygens (including phenoxy) is 2. The SMILES string of the molecule is Cc1cccc2c1N(C(=O)COc1ccccc1)CCCN(C(C)C)CCN(C(=O)c1cccc(OCCN3CCCC3)c1)C2. The van der Waals surface area contributed by atoms with Gasteiger partial charge in [-0.15, -0.1) is 0 Å². The average molecular weight is 613 g/mol. The second-order valence-corrected chi connectivity index (χ2v) is 12.4. The van der Waals surface area contributed by atoms with Crippen molar-refractivity contribution in [1.82, 2.24) is 14.7 Å². The van der Waals surface area contributed by atoms with Crippen molar-refractivity contribution >= 4 is 17.5 Å². The van der Waals surface area contributed by atoms with E-state index >= 15 is 0 Å². The highest BCUT2D eigenvalue weighted by atomic mass is 16.5. The number of rotatable bonds is 9. The molecule has 1 fully saturated rings. The van der Waals surface area contributed by atoms with Gasteiger partial charge in [0.15, 0.2) is 6.61 Å². The molecule has 0 aromatic heterocycles. The number of para-hydroxylation sites is 2. The largest absolute Gasteiger partial charge is 0.492 e. The Morgan fingerprint density at radius 3 is 2.31 bits per heavy atom. The van der Waals surface area contributed by atoms with E-state index in [1.54, 1.807) is 0 Å². The molecule has 0 bridgehead atoms. The second kappa shape index (κ2) is 15.9. The number of hydrogen-bond donors (Lipinski definition) is 0. The van der Waals surface area contributed by atoms with Crippen LogP contribution in [0.2, 0.25) is 0 Å². The number of carbonyl (C=O) groups excluding carboxylic acids is 2. The van der Waals surface area contributed by atoms with Crippen molar-refractivity contribution in [2.24, 2.45) is 0 Å². The fourth-order valence-corrected chi connectivity index (χ4v) is 6.30. The Balaban J connectivity index is 1.39. The molecule has 2 aliphatic rings. The Kier molecular flexibility index (Phi) is 11.5. The topological polar surface area (TPSA) is 65.6 Å². The fourth-order valence-electron chi connectivity index (χ4n) is 6.30. The second-order valence-electron chi connectivity index (χ2n) is 12.4. The van der Waals surface area contributed by atoms with E-state index in [1.807, 2.05) is 89.5 Å². The Labute approximate surface area is 268 Å². The number of hydrogen-bond acceptors (Lipinski definition) is 6. The van der Waals surface area contributed by atoms with E-state index in [0.717, 1.165) is 56.0 Å². The van der Waals surface area contributed by atoms with E-state index in [9.17, 15) is 9.59 Å². The van der Waals surface area contributed by atoms with Gasteiger partial charge in [0.25, 0.3) is 11.8 Å². The third-order valence-corrected chi connectivity index (χ3v) is 8.82. The lowest BCUT2D eigenvalue weighted by Crippen LogP contribution is -2.41. The summed E-state index contributed by atoms with van der Waals surface area (Å²) in [6.07, 6.45) is 3.32. The van der Waals surface area contributed by atoms with Gasteiger partial charge in [-0.05, 0) is 94.6 Å². The van der Waals surface area contributed by atoms with Crippen molar-refractivity contribution in [2.45, 2.75) is 52.6 Å². The molecule has 0 atom stereocenters. The van der Waals surface area contributed by atoms with Crippen molar-refractivity contribution in [3.63, 3.8) is 0 Å². The minimum Gasteiger partial charge on any atom is -0.492 e. The summed E-state index contributed by atoms with van der Waals surface area (Å²) >= 11 is 0. The molecule has 8 nitrogen and oxygen atoms in total. The summed E-state index contributed by atoms with van der Waals surface area (Å²) in [4.78, 5) is 36.6. The van der Waals surface area contributed by atoms with Gasteiger partial charge < -0.3 is 19.3 Å². The molecule has 5 rings (SSSR count). The zero-order chi connectivity index (χ0) is 31.6. The van der Waals surface area contributed by atoms with Crippen LogP contribution >= 0.6 is 0 Å². The molecule has 8 heteroatoms. The maximum atomic E-state index is 14.2. The zero-order valence-corrected chi connectivity index (χ0v) is 27.1. The van der Waals surface area contributed by atoms with Gasteiger partial charge in [0, 0.05) is 50.9 Å². The maximum Gasteiger partial charge on any atom is 0.264 e. The molecule has 2 heterocycles. The first-order valence-electron chi connectivity index (χ1n) is 16.4. The number of fused-ring (bicyclic) bond motifs is 1. The van der Waals surface area contributed by atoms with Crippen LogP contribution in [-0.4, -0.2) is 91.6 Å². The summed E-state index contributed by atoms with van der Waals surface area (Å²) in [6, 6.07) is 23.4. The molecule has 240 valence electrons. The lowest BCUT2D eigenvalue weighted by atomic mass is 10.0. The molecule has 1 saturated heterocycles. The molecule has 0 N–H and O–H groups in total. The minimum absolute atomic E-state index is 0.0410. The summed E-state index contributed by atoms with van der Waals surface area (Å²) in [6.45, 7) is 13.2. The van der Waals surface area contributed by atoms with Crippen molar-refractivity contribution < 1.29 is 19.1 Å². The predicted octanol–water partition coefficient (Wildman–Crippen LogP) is 5.64. The monoisotopic (exact) mass is 612 g/mol. The van der Waals surface area contributed by atoms with E-state index in [-0.39, 0.29) is 18.4 Å². The Bertz CT molecular complexity index is 1410. The van der Waals surface area contributed by atoms with Gasteiger partial charge in [0.05, 0.1) is 5.69 Å². The smallest absolute Gasteiger partial charge is 0.264 e. The van der Waals surface area contributed by atoms with Crippen LogP contribution in [0.1, 0.15) is 54.6 Å². The van der Waals surface area contributed by atoms with Crippen LogP contribution in [0.3, 0.4) is 0 Å². The van der Waals surface area contributed by atoms with Crippen LogP contribution < -0.4 is 14.4 Å². The first-order chi connectivity index (χ1) is 21.9. The van der Waals surface area contributed by atoms with Gasteiger partial charge in [-0.3, -0.25) is 19.4 Å². The zero-order valence-electron chi connectivity index (χ0n) is 27.1. The van der Waals surface area contributed by atoms with Crippen LogP contribution in [0.25, 0.3) is 0 Å². The molecule has 2 aliphatic heterocycles. The number of likely N-dealkylation sites (tertiary alicyclic amines) is 1. The molecule has 45 heavy (non-hydrogen) atoms. The number of anilines is 1. The number of carbonyl (C=O) groups is 2. The van der Waals surface area contributed by atoms with Crippen molar-refractivity contribution in [2.75, 3.05) is 63.9 Å². The lowest BCUT2D eigenvalue weighted by Gasteiger charge is -2.30. The van der Waals surface area contributed by atoms with E-state index in [0.29, 0.717) is 49.3 Å². The molecule has 0 radical (unpaired) electrons. The first-order valence-corrected chi connectivity index (χ1v) is 16.4. The van der Waals surface area contributed by atoms with E-state index < -0.39 is 0 Å². The highest BCUT2D eigenvalue weighted by molar-refractivity contribution is 5.97. The van der Waals surface area contributed by atoms with Gasteiger partial charge in [-0.1, -0.05) is 42.5 Å². The summed E-state index contributed by atoms with van der Waals surface area (Å²) in [7, 11) is 0. The number of benzene rings is 3. The Morgan fingerprint density at radius 1 is 0.778 bits per heavy atom. The highest BCUT2D eigenvalue weighted by Gasteiger charge is 2.26. The van der Waals surface area contributed by atoms with Gasteiger partial charge in [0.2, 0.25) is 0 Å². The molecule has 0 saturated carbocycles. The summed E-state index contributed by atoms with van der Waals surface area (Å²) in [5.41, 5.74) is 3.43. The molecule has 3 aromatic carbocycles. The van der Waals surface area contributed by atoms with E-state index in [4.69, 9.17) is 9.47 Å². The Hall–Kier alpha value is -3.88. The molecule has 2 amide bonds. The quantitative estimate of drug-likeness (QED) is 0.312. The normalized spacial score (nSPS) is 16.7. The maximum absolute atomic E-state index is 14.2. The van der Waals surface area contributed by atoms with Crippen LogP contribution in [0.4, 0.5) is 5.69 Å². The summed E-state index contributed by atoms with van der Waals surface area (Å²) in [5.74, 6) is 1.24. The number of nitrogens with zero attached hydrogens (tertiary/aromatic N) is 4. The van der Waals surface area contributed by atoms with Crippen LogP contribution in [0, 0.1) is 6.92 Å². The predicted molar refractivity (Wildman–Crippen MR) is 179 cm³/mol. The molecular formula is C37H48N4O4. The molecule has 0 spiro atoms. The molecule has 3 aromatic rings. The van der Waals surface area contributed by atoms with Crippen molar-refractivity contribution in [3.8, 4) is 11.5 Å². The fraction of sp³-hybridized carbons (Fsp3) is 0.459.